The van der Waals surface area contributed by atoms with Crippen molar-refractivity contribution in [1.82, 2.24) is 20.1 Å². The molecule has 2 saturated heterocycles. The molecule has 1 N–H and O–H groups in total. The second-order valence-corrected chi connectivity index (χ2v) is 10.1. The highest BCUT2D eigenvalue weighted by molar-refractivity contribution is 7.17. The number of halogens is 1. The van der Waals surface area contributed by atoms with Gasteiger partial charge in [0.25, 0.3) is 5.91 Å². The molecule has 178 valence electrons. The molecule has 0 bridgehead atoms. The number of carbonyl (C=O) groups excluding carboxylic acids is 2. The summed E-state index contributed by atoms with van der Waals surface area (Å²) in [7, 11) is 0. The molecule has 6 nitrogen and oxygen atoms in total. The molecule has 8 heteroatoms. The Bertz CT molecular complexity index is 948. The van der Waals surface area contributed by atoms with Gasteiger partial charge in [-0.05, 0) is 75.9 Å². The average molecular weight is 473 g/mol. The minimum Gasteiger partial charge on any atom is -0.355 e. The van der Waals surface area contributed by atoms with Gasteiger partial charge in [-0.3, -0.25) is 9.59 Å². The summed E-state index contributed by atoms with van der Waals surface area (Å²) in [6.07, 6.45) is 6.07. The fourth-order valence-electron chi connectivity index (χ4n) is 4.67. The van der Waals surface area contributed by atoms with E-state index in [1.165, 1.54) is 42.7 Å². The summed E-state index contributed by atoms with van der Waals surface area (Å²) in [4.78, 5) is 34.9. The van der Waals surface area contributed by atoms with Crippen molar-refractivity contribution >= 4 is 23.2 Å². The number of hydrogen-bond donors (Lipinski definition) is 1. The zero-order valence-corrected chi connectivity index (χ0v) is 20.1. The summed E-state index contributed by atoms with van der Waals surface area (Å²) in [5, 5.41) is 3.80. The number of aryl methyl sites for hydroxylation is 1. The molecular formula is C25H33FN4O2S. The highest BCUT2D eigenvalue weighted by Crippen LogP contribution is 2.30. The Morgan fingerprint density at radius 1 is 1.09 bits per heavy atom. The fourth-order valence-corrected chi connectivity index (χ4v) is 5.70. The number of piperidine rings is 2. The van der Waals surface area contributed by atoms with Crippen LogP contribution in [0.25, 0.3) is 10.6 Å². The van der Waals surface area contributed by atoms with Gasteiger partial charge in [0, 0.05) is 38.2 Å². The predicted octanol–water partition coefficient (Wildman–Crippen LogP) is 4.10. The van der Waals surface area contributed by atoms with Gasteiger partial charge in [0.2, 0.25) is 5.91 Å². The lowest BCUT2D eigenvalue weighted by molar-refractivity contribution is -0.122. The molecule has 2 aliphatic rings. The Kier molecular flexibility index (Phi) is 8.09. The van der Waals surface area contributed by atoms with Gasteiger partial charge >= 0.3 is 0 Å². The number of carbonyl (C=O) groups is 2. The maximum absolute atomic E-state index is 13.2. The van der Waals surface area contributed by atoms with Crippen LogP contribution in [0.5, 0.6) is 0 Å². The number of nitrogens with one attached hydrogen (secondary N) is 1. The van der Waals surface area contributed by atoms with E-state index >= 15 is 0 Å². The lowest BCUT2D eigenvalue weighted by atomic mass is 9.93. The molecule has 33 heavy (non-hydrogen) atoms. The van der Waals surface area contributed by atoms with E-state index in [0.29, 0.717) is 36.0 Å². The first-order valence-electron chi connectivity index (χ1n) is 12.0. The number of amides is 2. The van der Waals surface area contributed by atoms with Gasteiger partial charge in [-0.1, -0.05) is 6.42 Å². The van der Waals surface area contributed by atoms with Crippen LogP contribution in [0.1, 0.15) is 53.9 Å². The molecule has 0 saturated carbocycles. The largest absolute Gasteiger partial charge is 0.355 e. The third-order valence-corrected chi connectivity index (χ3v) is 7.85. The van der Waals surface area contributed by atoms with Crippen LogP contribution in [0.3, 0.4) is 0 Å². The Hall–Kier alpha value is -2.32. The van der Waals surface area contributed by atoms with Crippen LogP contribution in [0.2, 0.25) is 0 Å². The number of likely N-dealkylation sites (tertiary alicyclic amines) is 2. The summed E-state index contributed by atoms with van der Waals surface area (Å²) < 4.78 is 13.2. The SMILES string of the molecule is Cc1nc(-c2ccc(F)cc2)sc1C(=O)N1CCC(CC(=O)NCCN2CCCCC2)CC1. The van der Waals surface area contributed by atoms with E-state index in [-0.39, 0.29) is 17.6 Å². The monoisotopic (exact) mass is 472 g/mol. The fraction of sp³-hybridized carbons (Fsp3) is 0.560. The number of rotatable bonds is 7. The molecule has 1 aromatic heterocycles. The maximum atomic E-state index is 13.2. The molecule has 2 aliphatic heterocycles. The maximum Gasteiger partial charge on any atom is 0.265 e. The number of benzene rings is 1. The van der Waals surface area contributed by atoms with Gasteiger partial charge in [0.05, 0.1) is 5.69 Å². The minimum absolute atomic E-state index is 0.00259. The molecule has 4 rings (SSSR count). The lowest BCUT2D eigenvalue weighted by Crippen LogP contribution is -2.41. The molecule has 2 fully saturated rings. The van der Waals surface area contributed by atoms with Crippen molar-refractivity contribution in [2.45, 2.75) is 45.4 Å². The number of nitrogens with zero attached hydrogens (tertiary/aromatic N) is 3. The standard InChI is InChI=1S/C25H33FN4O2S/c1-18-23(33-24(28-18)20-5-7-21(26)8-6-20)25(32)30-14-9-19(10-15-30)17-22(31)27-11-16-29-12-3-2-4-13-29/h5-8,19H,2-4,9-17H2,1H3,(H,27,31). The predicted molar refractivity (Wildman–Crippen MR) is 129 cm³/mol. The van der Waals surface area contributed by atoms with Crippen LogP contribution >= 0.6 is 11.3 Å². The smallest absolute Gasteiger partial charge is 0.265 e. The molecule has 0 aliphatic carbocycles. The molecule has 2 amide bonds. The second kappa shape index (κ2) is 11.2. The van der Waals surface area contributed by atoms with Crippen molar-refractivity contribution in [1.29, 1.82) is 0 Å². The topological polar surface area (TPSA) is 65.5 Å². The molecular weight excluding hydrogens is 439 g/mol. The highest BCUT2D eigenvalue weighted by atomic mass is 32.1. The zero-order chi connectivity index (χ0) is 23.2. The van der Waals surface area contributed by atoms with E-state index in [2.05, 4.69) is 15.2 Å². The molecule has 0 unspecified atom stereocenters. The summed E-state index contributed by atoms with van der Waals surface area (Å²) in [6, 6.07) is 6.18. The summed E-state index contributed by atoms with van der Waals surface area (Å²) in [5.74, 6) is 0.157. The first kappa shape index (κ1) is 23.8. The van der Waals surface area contributed by atoms with Crippen molar-refractivity contribution in [2.24, 2.45) is 5.92 Å². The van der Waals surface area contributed by atoms with E-state index in [1.807, 2.05) is 11.8 Å². The Morgan fingerprint density at radius 3 is 2.48 bits per heavy atom. The molecule has 0 spiro atoms. The van der Waals surface area contributed by atoms with Gasteiger partial charge in [0.15, 0.2) is 0 Å². The normalized spacial score (nSPS) is 17.8. The van der Waals surface area contributed by atoms with Crippen LogP contribution in [0.4, 0.5) is 4.39 Å². The van der Waals surface area contributed by atoms with Crippen molar-refractivity contribution in [3.8, 4) is 10.6 Å². The zero-order valence-electron chi connectivity index (χ0n) is 19.3. The van der Waals surface area contributed by atoms with E-state index < -0.39 is 0 Å². The Balaban J connectivity index is 1.23. The third kappa shape index (κ3) is 6.38. The molecule has 3 heterocycles. The quantitative estimate of drug-likeness (QED) is 0.659. The summed E-state index contributed by atoms with van der Waals surface area (Å²) >= 11 is 1.36. The van der Waals surface area contributed by atoms with E-state index in [4.69, 9.17) is 0 Å². The van der Waals surface area contributed by atoms with Gasteiger partial charge in [0.1, 0.15) is 15.7 Å². The van der Waals surface area contributed by atoms with Crippen molar-refractivity contribution < 1.29 is 14.0 Å². The van der Waals surface area contributed by atoms with Gasteiger partial charge in [-0.25, -0.2) is 9.37 Å². The average Bonchev–Trinajstić information content (AvgIpc) is 3.22. The van der Waals surface area contributed by atoms with Crippen LogP contribution in [-0.4, -0.2) is 65.9 Å². The molecule has 0 atom stereocenters. The third-order valence-electron chi connectivity index (χ3n) is 6.66. The van der Waals surface area contributed by atoms with Crippen molar-refractivity contribution in [3.63, 3.8) is 0 Å². The summed E-state index contributed by atoms with van der Waals surface area (Å²) in [6.45, 7) is 7.11. The number of thiazole rings is 1. The lowest BCUT2D eigenvalue weighted by Gasteiger charge is -2.31. The van der Waals surface area contributed by atoms with Crippen LogP contribution in [0.15, 0.2) is 24.3 Å². The first-order chi connectivity index (χ1) is 16.0. The number of hydrogen-bond acceptors (Lipinski definition) is 5. The molecule has 1 aromatic carbocycles. The van der Waals surface area contributed by atoms with Crippen molar-refractivity contribution in [3.05, 3.63) is 40.7 Å². The van der Waals surface area contributed by atoms with Crippen molar-refractivity contribution in [2.75, 3.05) is 39.3 Å². The van der Waals surface area contributed by atoms with E-state index in [0.717, 1.165) is 49.6 Å². The minimum atomic E-state index is -0.290. The second-order valence-electron chi connectivity index (χ2n) is 9.13. The molecule has 0 radical (unpaired) electrons. The Morgan fingerprint density at radius 2 is 1.79 bits per heavy atom. The van der Waals surface area contributed by atoms with Crippen LogP contribution in [-0.2, 0) is 4.79 Å². The van der Waals surface area contributed by atoms with Gasteiger partial charge in [-0.2, -0.15) is 0 Å². The molecule has 2 aromatic rings. The van der Waals surface area contributed by atoms with Gasteiger partial charge < -0.3 is 15.1 Å². The van der Waals surface area contributed by atoms with Gasteiger partial charge in [-0.15, -0.1) is 11.3 Å². The van der Waals surface area contributed by atoms with E-state index in [1.54, 1.807) is 12.1 Å². The number of aromatic nitrogens is 1. The summed E-state index contributed by atoms with van der Waals surface area (Å²) in [5.41, 5.74) is 1.52. The Labute approximate surface area is 199 Å². The van der Waals surface area contributed by atoms with Crippen LogP contribution < -0.4 is 5.32 Å². The highest BCUT2D eigenvalue weighted by Gasteiger charge is 2.27. The van der Waals surface area contributed by atoms with Crippen LogP contribution in [0, 0.1) is 18.7 Å². The van der Waals surface area contributed by atoms with E-state index in [9.17, 15) is 14.0 Å². The first-order valence-corrected chi connectivity index (χ1v) is 12.8.